The summed E-state index contributed by atoms with van der Waals surface area (Å²) >= 11 is 4.89. The van der Waals surface area contributed by atoms with E-state index in [4.69, 9.17) is 5.73 Å². The predicted octanol–water partition coefficient (Wildman–Crippen LogP) is 3.94. The van der Waals surface area contributed by atoms with E-state index < -0.39 is 0 Å². The van der Waals surface area contributed by atoms with Crippen LogP contribution in [0.1, 0.15) is 26.4 Å². The second-order valence-electron chi connectivity index (χ2n) is 3.97. The Morgan fingerprint density at radius 1 is 1.24 bits per heavy atom. The standard InChI is InChI=1S/C13H12BrNOS/c1-7-5-9(3-4-10(7)15)12(16)11-6-8(2)13(14)17-11/h3-6H,15H2,1-2H3. The number of hydrogen-bond donors (Lipinski definition) is 1. The van der Waals surface area contributed by atoms with Gasteiger partial charge in [-0.15, -0.1) is 11.3 Å². The fourth-order valence-corrected chi connectivity index (χ4v) is 3.03. The molecule has 2 aromatic rings. The molecule has 0 fully saturated rings. The van der Waals surface area contributed by atoms with Crippen molar-refractivity contribution in [1.29, 1.82) is 0 Å². The highest BCUT2D eigenvalue weighted by Gasteiger charge is 2.13. The highest BCUT2D eigenvalue weighted by atomic mass is 79.9. The van der Waals surface area contributed by atoms with Gasteiger partial charge in [-0.2, -0.15) is 0 Å². The first-order chi connectivity index (χ1) is 7.99. The number of anilines is 1. The van der Waals surface area contributed by atoms with Crippen molar-refractivity contribution in [3.63, 3.8) is 0 Å². The van der Waals surface area contributed by atoms with E-state index in [0.29, 0.717) is 11.3 Å². The lowest BCUT2D eigenvalue weighted by atomic mass is 10.1. The molecule has 0 saturated heterocycles. The Balaban J connectivity index is 2.40. The second-order valence-corrected chi connectivity index (χ2v) is 6.34. The van der Waals surface area contributed by atoms with Gasteiger partial charge in [0, 0.05) is 11.3 Å². The van der Waals surface area contributed by atoms with Crippen molar-refractivity contribution in [3.8, 4) is 0 Å². The van der Waals surface area contributed by atoms with Gasteiger partial charge in [0.25, 0.3) is 0 Å². The molecule has 2 N–H and O–H groups in total. The largest absolute Gasteiger partial charge is 0.399 e. The van der Waals surface area contributed by atoms with E-state index in [1.165, 1.54) is 11.3 Å². The van der Waals surface area contributed by atoms with E-state index in [9.17, 15) is 4.79 Å². The van der Waals surface area contributed by atoms with Crippen molar-refractivity contribution in [2.75, 3.05) is 5.73 Å². The number of hydrogen-bond acceptors (Lipinski definition) is 3. The van der Waals surface area contributed by atoms with Gasteiger partial charge in [-0.1, -0.05) is 0 Å². The molecular formula is C13H12BrNOS. The maximum atomic E-state index is 12.2. The van der Waals surface area contributed by atoms with Crippen LogP contribution in [-0.2, 0) is 0 Å². The molecule has 0 radical (unpaired) electrons. The lowest BCUT2D eigenvalue weighted by Crippen LogP contribution is -2.00. The zero-order valence-electron chi connectivity index (χ0n) is 9.58. The number of halogens is 1. The van der Waals surface area contributed by atoms with Crippen molar-refractivity contribution < 1.29 is 4.79 Å². The molecule has 88 valence electrons. The summed E-state index contributed by atoms with van der Waals surface area (Å²) < 4.78 is 1.01. The summed E-state index contributed by atoms with van der Waals surface area (Å²) in [4.78, 5) is 13.0. The number of aryl methyl sites for hydroxylation is 2. The van der Waals surface area contributed by atoms with E-state index in [2.05, 4.69) is 15.9 Å². The zero-order chi connectivity index (χ0) is 12.6. The van der Waals surface area contributed by atoms with E-state index in [1.54, 1.807) is 12.1 Å². The quantitative estimate of drug-likeness (QED) is 0.674. The number of thiophene rings is 1. The van der Waals surface area contributed by atoms with E-state index in [-0.39, 0.29) is 5.78 Å². The maximum absolute atomic E-state index is 12.2. The van der Waals surface area contributed by atoms with Crippen LogP contribution in [0.25, 0.3) is 0 Å². The lowest BCUT2D eigenvalue weighted by Gasteiger charge is -2.02. The topological polar surface area (TPSA) is 43.1 Å². The number of benzene rings is 1. The fraction of sp³-hybridized carbons (Fsp3) is 0.154. The van der Waals surface area contributed by atoms with Crippen LogP contribution in [0.4, 0.5) is 5.69 Å². The van der Waals surface area contributed by atoms with Crippen molar-refractivity contribution in [1.82, 2.24) is 0 Å². The molecule has 4 heteroatoms. The molecule has 0 aliphatic rings. The average molecular weight is 310 g/mol. The highest BCUT2D eigenvalue weighted by Crippen LogP contribution is 2.29. The molecule has 0 spiro atoms. The van der Waals surface area contributed by atoms with Crippen LogP contribution in [0.3, 0.4) is 0 Å². The SMILES string of the molecule is Cc1cc(C(=O)c2cc(C)c(Br)s2)ccc1N. The summed E-state index contributed by atoms with van der Waals surface area (Å²) in [5.74, 6) is 0.0481. The molecule has 0 amide bonds. The Kier molecular flexibility index (Phi) is 3.35. The van der Waals surface area contributed by atoms with Gasteiger partial charge in [0.1, 0.15) is 0 Å². The van der Waals surface area contributed by atoms with E-state index in [0.717, 1.165) is 19.8 Å². The van der Waals surface area contributed by atoms with Crippen LogP contribution in [0.15, 0.2) is 28.1 Å². The molecule has 0 atom stereocenters. The lowest BCUT2D eigenvalue weighted by molar-refractivity contribution is 0.104. The van der Waals surface area contributed by atoms with Crippen molar-refractivity contribution in [3.05, 3.63) is 49.6 Å². The van der Waals surface area contributed by atoms with Gasteiger partial charge in [-0.25, -0.2) is 0 Å². The third-order valence-electron chi connectivity index (χ3n) is 2.61. The minimum atomic E-state index is 0.0481. The molecule has 1 aromatic heterocycles. The minimum absolute atomic E-state index is 0.0481. The molecule has 0 aliphatic carbocycles. The highest BCUT2D eigenvalue weighted by molar-refractivity contribution is 9.11. The summed E-state index contributed by atoms with van der Waals surface area (Å²) in [7, 11) is 0. The van der Waals surface area contributed by atoms with Crippen LogP contribution in [0.5, 0.6) is 0 Å². The minimum Gasteiger partial charge on any atom is -0.399 e. The molecular weight excluding hydrogens is 298 g/mol. The smallest absolute Gasteiger partial charge is 0.203 e. The van der Waals surface area contributed by atoms with Gasteiger partial charge in [0.05, 0.1) is 8.66 Å². The van der Waals surface area contributed by atoms with Crippen molar-refractivity contribution in [2.24, 2.45) is 0 Å². The fourth-order valence-electron chi connectivity index (χ4n) is 1.53. The number of nitrogens with two attached hydrogens (primary N) is 1. The molecule has 0 aliphatic heterocycles. The van der Waals surface area contributed by atoms with Crippen LogP contribution < -0.4 is 5.73 Å². The first-order valence-electron chi connectivity index (χ1n) is 5.16. The summed E-state index contributed by atoms with van der Waals surface area (Å²) in [6, 6.07) is 7.29. The predicted molar refractivity (Wildman–Crippen MR) is 75.8 cm³/mol. The Hall–Kier alpha value is -1.13. The summed E-state index contributed by atoms with van der Waals surface area (Å²) in [6.07, 6.45) is 0. The monoisotopic (exact) mass is 309 g/mol. The van der Waals surface area contributed by atoms with Crippen LogP contribution in [0, 0.1) is 13.8 Å². The molecule has 1 aromatic carbocycles. The van der Waals surface area contributed by atoms with Gasteiger partial charge in [-0.3, -0.25) is 4.79 Å². The van der Waals surface area contributed by atoms with Crippen molar-refractivity contribution >= 4 is 38.7 Å². The van der Waals surface area contributed by atoms with Crippen LogP contribution in [-0.4, -0.2) is 5.78 Å². The summed E-state index contributed by atoms with van der Waals surface area (Å²) in [5, 5.41) is 0. The van der Waals surface area contributed by atoms with Gasteiger partial charge in [-0.05, 0) is 65.2 Å². The van der Waals surface area contributed by atoms with E-state index >= 15 is 0 Å². The number of carbonyl (C=O) groups excluding carboxylic acids is 1. The molecule has 0 saturated carbocycles. The first kappa shape index (κ1) is 12.3. The van der Waals surface area contributed by atoms with E-state index in [1.807, 2.05) is 26.0 Å². The third kappa shape index (κ3) is 2.42. The first-order valence-corrected chi connectivity index (χ1v) is 6.76. The molecule has 17 heavy (non-hydrogen) atoms. The van der Waals surface area contributed by atoms with Gasteiger partial charge in [0.15, 0.2) is 0 Å². The third-order valence-corrected chi connectivity index (χ3v) is 4.75. The van der Waals surface area contributed by atoms with Crippen molar-refractivity contribution in [2.45, 2.75) is 13.8 Å². The Morgan fingerprint density at radius 3 is 2.47 bits per heavy atom. The van der Waals surface area contributed by atoms with Gasteiger partial charge in [0.2, 0.25) is 5.78 Å². The number of carbonyl (C=O) groups is 1. The van der Waals surface area contributed by atoms with Crippen LogP contribution >= 0.6 is 27.3 Å². The zero-order valence-corrected chi connectivity index (χ0v) is 12.0. The Morgan fingerprint density at radius 2 is 1.94 bits per heavy atom. The summed E-state index contributed by atoms with van der Waals surface area (Å²) in [6.45, 7) is 3.88. The Bertz CT molecular complexity index is 570. The molecule has 0 unspecified atom stereocenters. The van der Waals surface area contributed by atoms with Crippen LogP contribution in [0.2, 0.25) is 0 Å². The molecule has 2 nitrogen and oxygen atoms in total. The number of rotatable bonds is 2. The number of nitrogen functional groups attached to an aromatic ring is 1. The maximum Gasteiger partial charge on any atom is 0.203 e. The Labute approximate surface area is 113 Å². The molecule has 1 heterocycles. The molecule has 2 rings (SSSR count). The molecule has 0 bridgehead atoms. The second kappa shape index (κ2) is 4.63. The van der Waals surface area contributed by atoms with Gasteiger partial charge >= 0.3 is 0 Å². The normalized spacial score (nSPS) is 10.5. The number of ketones is 1. The summed E-state index contributed by atoms with van der Waals surface area (Å²) in [5.41, 5.74) is 9.16. The average Bonchev–Trinajstić information content (AvgIpc) is 2.62. The van der Waals surface area contributed by atoms with Gasteiger partial charge < -0.3 is 5.73 Å².